The first-order valence-corrected chi connectivity index (χ1v) is 6.35. The molecule has 0 bridgehead atoms. The van der Waals surface area contributed by atoms with E-state index in [2.05, 4.69) is 30.0 Å². The van der Waals surface area contributed by atoms with Crippen molar-refractivity contribution >= 4 is 0 Å². The number of hydrogen-bond donors (Lipinski definition) is 0. The standard InChI is InChI=1S/C13H23N3/c1-11(2)13-5-4-6-16(10-13)9-12-7-14-15(3)8-12/h7-8,11,13H,4-6,9-10H2,1-3H3/t13-/m1/s1. The highest BCUT2D eigenvalue weighted by molar-refractivity contribution is 5.03. The SMILES string of the molecule is CC(C)[C@@H]1CCCN(Cc2cnn(C)c2)C1. The summed E-state index contributed by atoms with van der Waals surface area (Å²) < 4.78 is 1.89. The van der Waals surface area contributed by atoms with Gasteiger partial charge in [-0.3, -0.25) is 9.58 Å². The van der Waals surface area contributed by atoms with Gasteiger partial charge in [-0.25, -0.2) is 0 Å². The maximum Gasteiger partial charge on any atom is 0.0534 e. The zero-order valence-corrected chi connectivity index (χ0v) is 10.7. The van der Waals surface area contributed by atoms with Crippen molar-refractivity contribution in [2.24, 2.45) is 18.9 Å². The predicted octanol–water partition coefficient (Wildman–Crippen LogP) is 2.29. The lowest BCUT2D eigenvalue weighted by molar-refractivity contribution is 0.139. The van der Waals surface area contributed by atoms with Crippen LogP contribution in [0.4, 0.5) is 0 Å². The largest absolute Gasteiger partial charge is 0.299 e. The summed E-state index contributed by atoms with van der Waals surface area (Å²) in [6, 6.07) is 0. The Balaban J connectivity index is 1.90. The molecule has 0 spiro atoms. The van der Waals surface area contributed by atoms with E-state index in [4.69, 9.17) is 0 Å². The van der Waals surface area contributed by atoms with Crippen LogP contribution < -0.4 is 0 Å². The van der Waals surface area contributed by atoms with Gasteiger partial charge in [0.2, 0.25) is 0 Å². The molecule has 90 valence electrons. The molecule has 0 saturated carbocycles. The fraction of sp³-hybridized carbons (Fsp3) is 0.769. The average Bonchev–Trinajstić information content (AvgIpc) is 2.64. The molecule has 1 saturated heterocycles. The molecule has 1 aromatic heterocycles. The van der Waals surface area contributed by atoms with Gasteiger partial charge in [0.15, 0.2) is 0 Å². The van der Waals surface area contributed by atoms with Crippen LogP contribution in [0.3, 0.4) is 0 Å². The molecule has 1 atom stereocenters. The van der Waals surface area contributed by atoms with Gasteiger partial charge in [-0.1, -0.05) is 13.8 Å². The van der Waals surface area contributed by atoms with E-state index in [9.17, 15) is 0 Å². The van der Waals surface area contributed by atoms with Crippen molar-refractivity contribution < 1.29 is 0 Å². The zero-order chi connectivity index (χ0) is 11.5. The zero-order valence-electron chi connectivity index (χ0n) is 10.7. The van der Waals surface area contributed by atoms with Gasteiger partial charge in [-0.2, -0.15) is 5.10 Å². The third-order valence-electron chi connectivity index (χ3n) is 3.65. The highest BCUT2D eigenvalue weighted by Crippen LogP contribution is 2.24. The van der Waals surface area contributed by atoms with E-state index in [-0.39, 0.29) is 0 Å². The first kappa shape index (κ1) is 11.6. The summed E-state index contributed by atoms with van der Waals surface area (Å²) in [7, 11) is 1.98. The second-order valence-corrected chi connectivity index (χ2v) is 5.40. The van der Waals surface area contributed by atoms with Crippen molar-refractivity contribution in [3.05, 3.63) is 18.0 Å². The minimum atomic E-state index is 0.816. The summed E-state index contributed by atoms with van der Waals surface area (Å²) in [5, 5.41) is 4.23. The van der Waals surface area contributed by atoms with Crippen molar-refractivity contribution in [2.75, 3.05) is 13.1 Å². The molecule has 0 unspecified atom stereocenters. The molecule has 0 N–H and O–H groups in total. The molecular formula is C13H23N3. The summed E-state index contributed by atoms with van der Waals surface area (Å²) >= 11 is 0. The van der Waals surface area contributed by atoms with E-state index < -0.39 is 0 Å². The monoisotopic (exact) mass is 221 g/mol. The van der Waals surface area contributed by atoms with E-state index >= 15 is 0 Å². The third kappa shape index (κ3) is 2.85. The molecule has 1 aromatic rings. The van der Waals surface area contributed by atoms with Gasteiger partial charge in [-0.05, 0) is 31.2 Å². The summed E-state index contributed by atoms with van der Waals surface area (Å²) in [4.78, 5) is 2.57. The molecule has 3 heteroatoms. The second-order valence-electron chi connectivity index (χ2n) is 5.40. The van der Waals surface area contributed by atoms with Crippen molar-refractivity contribution in [3.8, 4) is 0 Å². The number of aryl methyl sites for hydroxylation is 1. The van der Waals surface area contributed by atoms with Crippen LogP contribution >= 0.6 is 0 Å². The Kier molecular flexibility index (Phi) is 3.64. The van der Waals surface area contributed by atoms with Gasteiger partial charge in [0, 0.05) is 31.9 Å². The molecule has 2 heterocycles. The van der Waals surface area contributed by atoms with E-state index in [1.807, 2.05) is 17.9 Å². The van der Waals surface area contributed by atoms with E-state index in [0.29, 0.717) is 0 Å². The Labute approximate surface area is 98.4 Å². The maximum atomic E-state index is 4.23. The Hall–Kier alpha value is -0.830. The molecule has 1 aliphatic rings. The molecule has 0 radical (unpaired) electrons. The summed E-state index contributed by atoms with van der Waals surface area (Å²) in [5.41, 5.74) is 1.34. The fourth-order valence-corrected chi connectivity index (χ4v) is 2.59. The highest BCUT2D eigenvalue weighted by atomic mass is 15.2. The van der Waals surface area contributed by atoms with Crippen molar-refractivity contribution in [2.45, 2.75) is 33.2 Å². The minimum Gasteiger partial charge on any atom is -0.299 e. The third-order valence-corrected chi connectivity index (χ3v) is 3.65. The number of rotatable bonds is 3. The van der Waals surface area contributed by atoms with Crippen LogP contribution in [0.1, 0.15) is 32.3 Å². The molecule has 0 amide bonds. The lowest BCUT2D eigenvalue weighted by Gasteiger charge is -2.34. The fourth-order valence-electron chi connectivity index (χ4n) is 2.59. The lowest BCUT2D eigenvalue weighted by Crippen LogP contribution is -2.36. The van der Waals surface area contributed by atoms with Crippen LogP contribution in [-0.4, -0.2) is 27.8 Å². The Morgan fingerprint density at radius 3 is 2.94 bits per heavy atom. The highest BCUT2D eigenvalue weighted by Gasteiger charge is 2.22. The van der Waals surface area contributed by atoms with Crippen molar-refractivity contribution in [1.29, 1.82) is 0 Å². The number of piperidine rings is 1. The second kappa shape index (κ2) is 5.00. The molecule has 1 aliphatic heterocycles. The Morgan fingerprint density at radius 2 is 2.31 bits per heavy atom. The molecule has 0 aliphatic carbocycles. The Morgan fingerprint density at radius 1 is 1.50 bits per heavy atom. The Bertz CT molecular complexity index is 330. The van der Waals surface area contributed by atoms with Gasteiger partial charge in [0.25, 0.3) is 0 Å². The van der Waals surface area contributed by atoms with Gasteiger partial charge < -0.3 is 0 Å². The first-order chi connectivity index (χ1) is 7.65. The summed E-state index contributed by atoms with van der Waals surface area (Å²) in [6.45, 7) is 8.26. The predicted molar refractivity (Wildman–Crippen MR) is 66.0 cm³/mol. The topological polar surface area (TPSA) is 21.1 Å². The van der Waals surface area contributed by atoms with Crippen LogP contribution in [-0.2, 0) is 13.6 Å². The molecule has 2 rings (SSSR count). The maximum absolute atomic E-state index is 4.23. The van der Waals surface area contributed by atoms with Crippen LogP contribution in [0, 0.1) is 11.8 Å². The summed E-state index contributed by atoms with van der Waals surface area (Å²) in [5.74, 6) is 1.70. The van der Waals surface area contributed by atoms with E-state index in [0.717, 1.165) is 18.4 Å². The van der Waals surface area contributed by atoms with Gasteiger partial charge >= 0.3 is 0 Å². The lowest BCUT2D eigenvalue weighted by atomic mass is 9.88. The van der Waals surface area contributed by atoms with Crippen LogP contribution in [0.5, 0.6) is 0 Å². The van der Waals surface area contributed by atoms with Crippen molar-refractivity contribution in [3.63, 3.8) is 0 Å². The number of nitrogens with zero attached hydrogens (tertiary/aromatic N) is 3. The van der Waals surface area contributed by atoms with Crippen LogP contribution in [0.2, 0.25) is 0 Å². The molecule has 16 heavy (non-hydrogen) atoms. The quantitative estimate of drug-likeness (QED) is 0.781. The molecule has 1 fully saturated rings. The average molecular weight is 221 g/mol. The summed E-state index contributed by atoms with van der Waals surface area (Å²) in [6.07, 6.45) is 6.86. The van der Waals surface area contributed by atoms with Gasteiger partial charge in [0.1, 0.15) is 0 Å². The molecule has 3 nitrogen and oxygen atoms in total. The first-order valence-electron chi connectivity index (χ1n) is 6.35. The molecular weight excluding hydrogens is 198 g/mol. The number of aromatic nitrogens is 2. The van der Waals surface area contributed by atoms with E-state index in [1.165, 1.54) is 31.5 Å². The van der Waals surface area contributed by atoms with Crippen LogP contribution in [0.25, 0.3) is 0 Å². The smallest absolute Gasteiger partial charge is 0.0534 e. The van der Waals surface area contributed by atoms with Crippen LogP contribution in [0.15, 0.2) is 12.4 Å². The number of hydrogen-bond acceptors (Lipinski definition) is 2. The van der Waals surface area contributed by atoms with Gasteiger partial charge in [0.05, 0.1) is 6.20 Å². The van der Waals surface area contributed by atoms with Crippen molar-refractivity contribution in [1.82, 2.24) is 14.7 Å². The normalized spacial score (nSPS) is 22.9. The van der Waals surface area contributed by atoms with Gasteiger partial charge in [-0.15, -0.1) is 0 Å². The minimum absolute atomic E-state index is 0.816. The number of likely N-dealkylation sites (tertiary alicyclic amines) is 1. The van der Waals surface area contributed by atoms with E-state index in [1.54, 1.807) is 0 Å². The molecule has 0 aromatic carbocycles.